The average molecular weight is 223 g/mol. The number of aliphatic carboxylic acids is 1. The molecule has 1 aromatic rings. The Morgan fingerprint density at radius 3 is 2.75 bits per heavy atom. The van der Waals surface area contributed by atoms with Crippen molar-refractivity contribution < 1.29 is 14.6 Å². The molecule has 0 saturated heterocycles. The molecular weight excluding hydrogens is 206 g/mol. The van der Waals surface area contributed by atoms with Crippen LogP contribution in [0.15, 0.2) is 24.3 Å². The maximum atomic E-state index is 11.2. The summed E-state index contributed by atoms with van der Waals surface area (Å²) in [6, 6.07) is 6.44. The fourth-order valence-electron chi connectivity index (χ4n) is 1.52. The van der Waals surface area contributed by atoms with E-state index in [1.807, 2.05) is 13.0 Å². The van der Waals surface area contributed by atoms with Crippen LogP contribution in [-0.4, -0.2) is 24.7 Å². The molecule has 4 nitrogen and oxygen atoms in total. The van der Waals surface area contributed by atoms with E-state index in [4.69, 9.17) is 9.84 Å². The zero-order valence-corrected chi connectivity index (χ0v) is 9.56. The molecule has 0 aliphatic rings. The number of benzene rings is 1. The summed E-state index contributed by atoms with van der Waals surface area (Å²) in [6.45, 7) is 2.66. The number of hydrogen-bond donors (Lipinski definition) is 2. The number of carboxylic acids is 1. The highest BCUT2D eigenvalue weighted by molar-refractivity contribution is 5.76. The smallest absolute Gasteiger partial charge is 0.325 e. The van der Waals surface area contributed by atoms with Gasteiger partial charge in [-0.1, -0.05) is 25.1 Å². The Kier molecular flexibility index (Phi) is 4.79. The zero-order valence-electron chi connectivity index (χ0n) is 9.56. The van der Waals surface area contributed by atoms with Crippen LogP contribution in [0.4, 0.5) is 0 Å². The normalized spacial score (nSPS) is 12.1. The lowest BCUT2D eigenvalue weighted by Crippen LogP contribution is -2.29. The molecule has 0 aliphatic carbocycles. The Hall–Kier alpha value is -1.55. The van der Waals surface area contributed by atoms with Crippen LogP contribution in [0.3, 0.4) is 0 Å². The molecule has 0 aromatic heterocycles. The van der Waals surface area contributed by atoms with Crippen molar-refractivity contribution in [2.24, 2.45) is 0 Å². The summed E-state index contributed by atoms with van der Waals surface area (Å²) in [5, 5.41) is 12.1. The molecule has 1 unspecified atom stereocenters. The number of methoxy groups -OCH3 is 1. The summed E-state index contributed by atoms with van der Waals surface area (Å²) >= 11 is 0. The van der Waals surface area contributed by atoms with E-state index >= 15 is 0 Å². The second kappa shape index (κ2) is 6.12. The fourth-order valence-corrected chi connectivity index (χ4v) is 1.52. The summed E-state index contributed by atoms with van der Waals surface area (Å²) in [6.07, 6.45) is 0.888. The Balaban J connectivity index is 2.95. The van der Waals surface area contributed by atoms with Crippen LogP contribution in [0, 0.1) is 0 Å². The van der Waals surface area contributed by atoms with Crippen LogP contribution >= 0.6 is 0 Å². The van der Waals surface area contributed by atoms with Crippen LogP contribution in [-0.2, 0) is 4.79 Å². The number of rotatable bonds is 6. The van der Waals surface area contributed by atoms with Crippen molar-refractivity contribution in [1.29, 1.82) is 0 Å². The van der Waals surface area contributed by atoms with Gasteiger partial charge >= 0.3 is 5.97 Å². The number of ether oxygens (including phenoxy) is 1. The SMILES string of the molecule is CCCNC(C(=O)O)c1ccccc1OC. The van der Waals surface area contributed by atoms with Crippen molar-refractivity contribution in [1.82, 2.24) is 5.32 Å². The third-order valence-corrected chi connectivity index (χ3v) is 2.30. The second-order valence-electron chi connectivity index (χ2n) is 3.47. The highest BCUT2D eigenvalue weighted by atomic mass is 16.5. The van der Waals surface area contributed by atoms with E-state index in [0.29, 0.717) is 17.9 Å². The van der Waals surface area contributed by atoms with Gasteiger partial charge in [0.25, 0.3) is 0 Å². The Bertz CT molecular complexity index is 352. The number of nitrogens with one attached hydrogen (secondary N) is 1. The zero-order chi connectivity index (χ0) is 12.0. The van der Waals surface area contributed by atoms with Gasteiger partial charge in [0.05, 0.1) is 7.11 Å². The van der Waals surface area contributed by atoms with Gasteiger partial charge in [-0.25, -0.2) is 0 Å². The Morgan fingerprint density at radius 2 is 2.19 bits per heavy atom. The van der Waals surface area contributed by atoms with Gasteiger partial charge in [0.15, 0.2) is 0 Å². The number of para-hydroxylation sites is 1. The lowest BCUT2D eigenvalue weighted by molar-refractivity contribution is -0.139. The highest BCUT2D eigenvalue weighted by Gasteiger charge is 2.21. The molecule has 16 heavy (non-hydrogen) atoms. The molecule has 1 aromatic carbocycles. The first-order chi connectivity index (χ1) is 7.70. The molecule has 0 bridgehead atoms. The van der Waals surface area contributed by atoms with Gasteiger partial charge in [0.2, 0.25) is 0 Å². The minimum atomic E-state index is -0.891. The molecule has 0 spiro atoms. The van der Waals surface area contributed by atoms with E-state index in [9.17, 15) is 4.79 Å². The topological polar surface area (TPSA) is 58.6 Å². The summed E-state index contributed by atoms with van der Waals surface area (Å²) in [4.78, 5) is 11.2. The summed E-state index contributed by atoms with van der Waals surface area (Å²) < 4.78 is 5.15. The summed E-state index contributed by atoms with van der Waals surface area (Å²) in [5.74, 6) is -0.295. The van der Waals surface area contributed by atoms with E-state index in [-0.39, 0.29) is 0 Å². The average Bonchev–Trinajstić information content (AvgIpc) is 2.29. The van der Waals surface area contributed by atoms with Gasteiger partial charge in [-0.2, -0.15) is 0 Å². The van der Waals surface area contributed by atoms with Crippen molar-refractivity contribution >= 4 is 5.97 Å². The van der Waals surface area contributed by atoms with Crippen LogP contribution < -0.4 is 10.1 Å². The minimum absolute atomic E-state index is 0.596. The first-order valence-corrected chi connectivity index (χ1v) is 5.29. The molecule has 88 valence electrons. The van der Waals surface area contributed by atoms with Crippen molar-refractivity contribution in [2.45, 2.75) is 19.4 Å². The van der Waals surface area contributed by atoms with Crippen LogP contribution in [0.2, 0.25) is 0 Å². The first kappa shape index (κ1) is 12.5. The number of carbonyl (C=O) groups is 1. The predicted octanol–water partition coefficient (Wildman–Crippen LogP) is 1.82. The lowest BCUT2D eigenvalue weighted by atomic mass is 10.1. The Labute approximate surface area is 95.2 Å². The van der Waals surface area contributed by atoms with Crippen LogP contribution in [0.25, 0.3) is 0 Å². The molecular formula is C12H17NO3. The molecule has 2 N–H and O–H groups in total. The van der Waals surface area contributed by atoms with Crippen LogP contribution in [0.5, 0.6) is 5.75 Å². The monoisotopic (exact) mass is 223 g/mol. The molecule has 0 heterocycles. The third kappa shape index (κ3) is 2.97. The Morgan fingerprint density at radius 1 is 1.50 bits per heavy atom. The van der Waals surface area contributed by atoms with Crippen molar-refractivity contribution in [2.75, 3.05) is 13.7 Å². The van der Waals surface area contributed by atoms with E-state index in [1.54, 1.807) is 18.2 Å². The third-order valence-electron chi connectivity index (χ3n) is 2.30. The number of hydrogen-bond acceptors (Lipinski definition) is 3. The van der Waals surface area contributed by atoms with E-state index < -0.39 is 12.0 Å². The van der Waals surface area contributed by atoms with E-state index in [0.717, 1.165) is 6.42 Å². The molecule has 0 aliphatic heterocycles. The molecule has 4 heteroatoms. The van der Waals surface area contributed by atoms with Crippen LogP contribution in [0.1, 0.15) is 24.9 Å². The van der Waals surface area contributed by atoms with Gasteiger partial charge in [-0.15, -0.1) is 0 Å². The second-order valence-corrected chi connectivity index (χ2v) is 3.47. The predicted molar refractivity (Wildman–Crippen MR) is 61.7 cm³/mol. The van der Waals surface area contributed by atoms with Crippen molar-refractivity contribution in [3.05, 3.63) is 29.8 Å². The molecule has 0 radical (unpaired) electrons. The molecule has 0 saturated carbocycles. The lowest BCUT2D eigenvalue weighted by Gasteiger charge is -2.16. The summed E-state index contributed by atoms with van der Waals surface area (Å²) in [7, 11) is 1.54. The molecule has 1 rings (SSSR count). The van der Waals surface area contributed by atoms with Crippen molar-refractivity contribution in [3.63, 3.8) is 0 Å². The van der Waals surface area contributed by atoms with Gasteiger partial charge in [0.1, 0.15) is 11.8 Å². The first-order valence-electron chi connectivity index (χ1n) is 5.29. The maximum Gasteiger partial charge on any atom is 0.325 e. The standard InChI is InChI=1S/C12H17NO3/c1-3-8-13-11(12(14)15)9-6-4-5-7-10(9)16-2/h4-7,11,13H,3,8H2,1-2H3,(H,14,15). The highest BCUT2D eigenvalue weighted by Crippen LogP contribution is 2.24. The van der Waals surface area contributed by atoms with Gasteiger partial charge < -0.3 is 15.2 Å². The van der Waals surface area contributed by atoms with Crippen molar-refractivity contribution in [3.8, 4) is 5.75 Å². The van der Waals surface area contributed by atoms with Gasteiger partial charge in [0, 0.05) is 5.56 Å². The largest absolute Gasteiger partial charge is 0.496 e. The maximum absolute atomic E-state index is 11.2. The fraction of sp³-hybridized carbons (Fsp3) is 0.417. The van der Waals surface area contributed by atoms with Gasteiger partial charge in [-0.05, 0) is 19.0 Å². The molecule has 0 fully saturated rings. The number of carboxylic acid groups (broad SMARTS) is 1. The molecule has 1 atom stereocenters. The van der Waals surface area contributed by atoms with Gasteiger partial charge in [-0.3, -0.25) is 4.79 Å². The minimum Gasteiger partial charge on any atom is -0.496 e. The van der Waals surface area contributed by atoms with E-state index in [1.165, 1.54) is 7.11 Å². The quantitative estimate of drug-likeness (QED) is 0.772. The summed E-state index contributed by atoms with van der Waals surface area (Å²) in [5.41, 5.74) is 0.658. The molecule has 0 amide bonds. The van der Waals surface area contributed by atoms with E-state index in [2.05, 4.69) is 5.32 Å².